The highest BCUT2D eigenvalue weighted by molar-refractivity contribution is 5.83. The molecule has 0 radical (unpaired) electrons. The maximum atomic E-state index is 13.5. The van der Waals surface area contributed by atoms with Gasteiger partial charge in [0.15, 0.2) is 6.20 Å². The van der Waals surface area contributed by atoms with Crippen LogP contribution in [0.5, 0.6) is 5.75 Å². The molecule has 0 atom stereocenters. The first-order valence-corrected chi connectivity index (χ1v) is 7.63. The van der Waals surface area contributed by atoms with Crippen molar-refractivity contribution in [3.05, 3.63) is 70.7 Å². The number of rotatable bonds is 1. The maximum Gasteiger partial charge on any atom is 0.441 e. The molecule has 1 aliphatic heterocycles. The lowest BCUT2D eigenvalue weighted by molar-refractivity contribution is -0.608. The second kappa shape index (κ2) is 6.29. The molecule has 0 amide bonds. The molecular weight excluding hydrogens is 421 g/mol. The van der Waals surface area contributed by atoms with E-state index in [0.717, 1.165) is 24.4 Å². The third kappa shape index (κ3) is 3.36. The molecule has 0 fully saturated rings. The van der Waals surface area contributed by atoms with Crippen LogP contribution in [-0.2, 0) is 6.18 Å². The van der Waals surface area contributed by atoms with Crippen LogP contribution in [0.4, 0.5) is 39.5 Å². The van der Waals surface area contributed by atoms with Crippen molar-refractivity contribution < 1.29 is 49.0 Å². The molecule has 0 saturated heterocycles. The largest absolute Gasteiger partial charge is 0.618 e. The number of ether oxygens (including phenoxy) is 1. The Labute approximate surface area is 156 Å². The molecule has 1 aromatic carbocycles. The Kier molecular flexibility index (Phi) is 4.51. The average molecular weight is 429 g/mol. The first kappa shape index (κ1) is 20.8. The predicted octanol–water partition coefficient (Wildman–Crippen LogP) is 5.03. The number of fused-ring (bicyclic) bond motifs is 1. The highest BCUT2D eigenvalue weighted by Gasteiger charge is 2.73. The minimum absolute atomic E-state index is 0.0568. The van der Waals surface area contributed by atoms with Crippen molar-refractivity contribution >= 4 is 5.57 Å². The highest BCUT2D eigenvalue weighted by atomic mass is 19.4. The van der Waals surface area contributed by atoms with Gasteiger partial charge in [0.2, 0.25) is 5.69 Å². The third-order valence-electron chi connectivity index (χ3n) is 4.16. The summed E-state index contributed by atoms with van der Waals surface area (Å²) < 4.78 is 124. The van der Waals surface area contributed by atoms with Crippen LogP contribution >= 0.6 is 0 Å². The lowest BCUT2D eigenvalue weighted by atomic mass is 9.88. The van der Waals surface area contributed by atoms with Gasteiger partial charge in [0.25, 0.3) is 0 Å². The molecule has 156 valence electrons. The molecule has 3 rings (SSSR count). The highest BCUT2D eigenvalue weighted by Crippen LogP contribution is 2.53. The lowest BCUT2D eigenvalue weighted by Crippen LogP contribution is -2.60. The Balaban J connectivity index is 2.39. The standard InChI is InChI=1S/C17H8F9NO2/c18-15(19,20)9-4-5-13-10(7-9)11(12-3-1-2-6-27(12)28)8-14(29-13,16(21,22)23)17(24,25)26/h1-8H. The van der Waals surface area contributed by atoms with Gasteiger partial charge in [-0.15, -0.1) is 0 Å². The van der Waals surface area contributed by atoms with Gasteiger partial charge in [-0.3, -0.25) is 0 Å². The molecule has 3 nitrogen and oxygen atoms in total. The summed E-state index contributed by atoms with van der Waals surface area (Å²) in [6.07, 6.45) is -16.6. The Morgan fingerprint density at radius 1 is 0.862 bits per heavy atom. The van der Waals surface area contributed by atoms with Crippen LogP contribution < -0.4 is 9.47 Å². The second-order valence-corrected chi connectivity index (χ2v) is 6.01. The SMILES string of the molecule is [O-][n+]1ccccc1C1=CC(C(F)(F)F)(C(F)(F)F)Oc2ccc(C(F)(F)F)cc21. The summed E-state index contributed by atoms with van der Waals surface area (Å²) in [5.41, 5.74) is -8.65. The molecule has 0 unspecified atom stereocenters. The van der Waals surface area contributed by atoms with Crippen LogP contribution in [0.15, 0.2) is 48.7 Å². The number of hydrogen-bond donors (Lipinski definition) is 0. The van der Waals surface area contributed by atoms with E-state index in [4.69, 9.17) is 0 Å². The molecule has 2 aromatic rings. The summed E-state index contributed by atoms with van der Waals surface area (Å²) in [4.78, 5) is 0. The van der Waals surface area contributed by atoms with Crippen molar-refractivity contribution in [1.29, 1.82) is 0 Å². The topological polar surface area (TPSA) is 36.2 Å². The maximum absolute atomic E-state index is 13.5. The van der Waals surface area contributed by atoms with Crippen LogP contribution in [0.3, 0.4) is 0 Å². The van der Waals surface area contributed by atoms with E-state index in [-0.39, 0.29) is 10.8 Å². The van der Waals surface area contributed by atoms with Gasteiger partial charge in [0.1, 0.15) is 5.75 Å². The summed E-state index contributed by atoms with van der Waals surface area (Å²) >= 11 is 0. The summed E-state index contributed by atoms with van der Waals surface area (Å²) in [7, 11) is 0. The van der Waals surface area contributed by atoms with E-state index in [1.807, 2.05) is 0 Å². The summed E-state index contributed by atoms with van der Waals surface area (Å²) in [6, 6.07) is 4.13. The number of pyridine rings is 1. The van der Waals surface area contributed by atoms with Crippen LogP contribution in [0.1, 0.15) is 16.8 Å². The van der Waals surface area contributed by atoms with Crippen molar-refractivity contribution in [2.75, 3.05) is 0 Å². The van der Waals surface area contributed by atoms with Crippen LogP contribution in [0.2, 0.25) is 0 Å². The quantitative estimate of drug-likeness (QED) is 0.363. The number of nitrogens with zero attached hydrogens (tertiary/aromatic N) is 1. The fourth-order valence-corrected chi connectivity index (χ4v) is 2.78. The van der Waals surface area contributed by atoms with Crippen molar-refractivity contribution in [3.63, 3.8) is 0 Å². The molecule has 0 bridgehead atoms. The zero-order valence-electron chi connectivity index (χ0n) is 13.8. The Hall–Kier alpha value is -2.92. The number of benzene rings is 1. The first-order valence-electron chi connectivity index (χ1n) is 7.63. The third-order valence-corrected chi connectivity index (χ3v) is 4.16. The molecule has 0 aliphatic carbocycles. The van der Waals surface area contributed by atoms with E-state index < -0.39 is 58.3 Å². The number of aromatic nitrogens is 1. The summed E-state index contributed by atoms with van der Waals surface area (Å²) in [5, 5.41) is 12.0. The molecule has 1 aliphatic rings. The second-order valence-electron chi connectivity index (χ2n) is 6.01. The monoisotopic (exact) mass is 429 g/mol. The predicted molar refractivity (Wildman–Crippen MR) is 79.4 cm³/mol. The minimum atomic E-state index is -6.03. The Morgan fingerprint density at radius 3 is 2.00 bits per heavy atom. The fraction of sp³-hybridized carbons (Fsp3) is 0.235. The fourth-order valence-electron chi connectivity index (χ4n) is 2.78. The summed E-state index contributed by atoms with van der Waals surface area (Å²) in [5.74, 6) is -1.10. The van der Waals surface area contributed by atoms with Crippen molar-refractivity contribution in [1.82, 2.24) is 0 Å². The van der Waals surface area contributed by atoms with Gasteiger partial charge in [-0.05, 0) is 30.3 Å². The van der Waals surface area contributed by atoms with Gasteiger partial charge < -0.3 is 9.94 Å². The van der Waals surface area contributed by atoms with Gasteiger partial charge >= 0.3 is 24.1 Å². The molecule has 29 heavy (non-hydrogen) atoms. The molecule has 0 N–H and O–H groups in total. The lowest BCUT2D eigenvalue weighted by Gasteiger charge is -2.38. The van der Waals surface area contributed by atoms with Gasteiger partial charge in [-0.25, -0.2) is 0 Å². The van der Waals surface area contributed by atoms with E-state index in [1.165, 1.54) is 0 Å². The van der Waals surface area contributed by atoms with Crippen molar-refractivity contribution in [2.45, 2.75) is 24.1 Å². The van der Waals surface area contributed by atoms with Crippen LogP contribution in [0, 0.1) is 5.21 Å². The molecule has 2 heterocycles. The molecule has 0 spiro atoms. The number of halogens is 9. The van der Waals surface area contributed by atoms with Gasteiger partial charge in [0, 0.05) is 17.7 Å². The molecule has 12 heteroatoms. The van der Waals surface area contributed by atoms with Crippen molar-refractivity contribution in [3.8, 4) is 5.75 Å². The Bertz CT molecular complexity index is 960. The molecular formula is C17H8F9NO2. The smallest absolute Gasteiger partial charge is 0.441 e. The normalized spacial score (nSPS) is 16.7. The molecule has 0 saturated carbocycles. The Morgan fingerprint density at radius 2 is 1.48 bits per heavy atom. The van der Waals surface area contributed by atoms with Crippen LogP contribution in [-0.4, -0.2) is 18.0 Å². The van der Waals surface area contributed by atoms with E-state index in [1.54, 1.807) is 0 Å². The summed E-state index contributed by atoms with van der Waals surface area (Å²) in [6.45, 7) is 0. The zero-order chi connectivity index (χ0) is 21.8. The van der Waals surface area contributed by atoms with E-state index >= 15 is 0 Å². The van der Waals surface area contributed by atoms with E-state index in [9.17, 15) is 44.7 Å². The number of hydrogen-bond acceptors (Lipinski definition) is 2. The van der Waals surface area contributed by atoms with Gasteiger partial charge in [-0.2, -0.15) is 44.2 Å². The minimum Gasteiger partial charge on any atom is -0.618 e. The number of alkyl halides is 9. The van der Waals surface area contributed by atoms with E-state index in [0.29, 0.717) is 12.1 Å². The average Bonchev–Trinajstić information content (AvgIpc) is 2.58. The molecule has 1 aromatic heterocycles. The van der Waals surface area contributed by atoms with Gasteiger partial charge in [-0.1, -0.05) is 0 Å². The first-order chi connectivity index (χ1) is 13.2. The zero-order valence-corrected chi connectivity index (χ0v) is 13.8. The van der Waals surface area contributed by atoms with Gasteiger partial charge in [0.05, 0.1) is 11.1 Å². The van der Waals surface area contributed by atoms with E-state index in [2.05, 4.69) is 4.74 Å². The van der Waals surface area contributed by atoms with Crippen LogP contribution in [0.25, 0.3) is 5.57 Å². The van der Waals surface area contributed by atoms with Crippen molar-refractivity contribution in [2.24, 2.45) is 0 Å².